The second kappa shape index (κ2) is 8.19. The maximum Gasteiger partial charge on any atom is 0.221 e. The minimum absolute atomic E-state index is 0.0637. The van der Waals surface area contributed by atoms with E-state index in [1.165, 1.54) is 12.5 Å². The molecule has 0 saturated carbocycles. The number of nitrogens with one attached hydrogen (secondary N) is 2. The minimum atomic E-state index is -0.0637. The molecule has 0 bridgehead atoms. The molecule has 1 atom stereocenters. The Kier molecular flexibility index (Phi) is 6.56. The van der Waals surface area contributed by atoms with E-state index in [0.29, 0.717) is 18.5 Å². The van der Waals surface area contributed by atoms with E-state index in [1.54, 1.807) is 0 Å². The van der Waals surface area contributed by atoms with Gasteiger partial charge in [0.05, 0.1) is 0 Å². The first-order chi connectivity index (χ1) is 9.51. The second-order valence-electron chi connectivity index (χ2n) is 4.85. The van der Waals surface area contributed by atoms with Gasteiger partial charge in [-0.3, -0.25) is 9.79 Å². The Hall–Kier alpha value is -2.04. The lowest BCUT2D eigenvalue weighted by molar-refractivity contribution is -0.114. The minimum Gasteiger partial charge on any atom is -0.370 e. The number of carbonyl (C=O) groups excluding carboxylic acids is 1. The third kappa shape index (κ3) is 6.22. The summed E-state index contributed by atoms with van der Waals surface area (Å²) in [5.41, 5.74) is 7.76. The zero-order chi connectivity index (χ0) is 15.0. The van der Waals surface area contributed by atoms with Gasteiger partial charge in [0.1, 0.15) is 0 Å². The molecule has 0 aliphatic heterocycles. The predicted molar refractivity (Wildman–Crippen MR) is 83.8 cm³/mol. The quantitative estimate of drug-likeness (QED) is 0.548. The van der Waals surface area contributed by atoms with Crippen LogP contribution in [0.3, 0.4) is 0 Å². The van der Waals surface area contributed by atoms with Crippen molar-refractivity contribution >= 4 is 17.6 Å². The number of amides is 1. The van der Waals surface area contributed by atoms with Crippen LogP contribution < -0.4 is 16.4 Å². The van der Waals surface area contributed by atoms with Gasteiger partial charge in [0.15, 0.2) is 5.96 Å². The normalized spacial score (nSPS) is 12.8. The van der Waals surface area contributed by atoms with Gasteiger partial charge < -0.3 is 16.4 Å². The first-order valence-corrected chi connectivity index (χ1v) is 6.94. The molecular formula is C15H24N4O. The predicted octanol–water partition coefficient (Wildman–Crippen LogP) is 1.89. The third-order valence-corrected chi connectivity index (χ3v) is 2.96. The van der Waals surface area contributed by atoms with E-state index < -0.39 is 0 Å². The molecule has 0 aliphatic carbocycles. The second-order valence-corrected chi connectivity index (χ2v) is 4.85. The Balaban J connectivity index is 2.42. The molecular weight excluding hydrogens is 252 g/mol. The topological polar surface area (TPSA) is 79.5 Å². The summed E-state index contributed by atoms with van der Waals surface area (Å²) in [6.45, 7) is 6.31. The molecule has 110 valence electrons. The Morgan fingerprint density at radius 1 is 1.35 bits per heavy atom. The molecule has 4 N–H and O–H groups in total. The van der Waals surface area contributed by atoms with E-state index in [2.05, 4.69) is 29.5 Å². The molecule has 0 aromatic heterocycles. The van der Waals surface area contributed by atoms with Crippen molar-refractivity contribution < 1.29 is 4.79 Å². The van der Waals surface area contributed by atoms with Crippen molar-refractivity contribution in [3.05, 3.63) is 29.8 Å². The van der Waals surface area contributed by atoms with Crippen LogP contribution in [0.25, 0.3) is 0 Å². The van der Waals surface area contributed by atoms with Crippen molar-refractivity contribution in [3.63, 3.8) is 0 Å². The number of carbonyl (C=O) groups is 1. The number of hydrogen-bond donors (Lipinski definition) is 3. The van der Waals surface area contributed by atoms with Crippen molar-refractivity contribution in [2.24, 2.45) is 10.7 Å². The summed E-state index contributed by atoms with van der Waals surface area (Å²) < 4.78 is 0. The van der Waals surface area contributed by atoms with Crippen LogP contribution in [0.4, 0.5) is 5.69 Å². The largest absolute Gasteiger partial charge is 0.370 e. The zero-order valence-corrected chi connectivity index (χ0v) is 12.4. The van der Waals surface area contributed by atoms with Crippen LogP contribution in [-0.2, 0) is 11.2 Å². The highest BCUT2D eigenvalue weighted by Gasteiger charge is 1.99. The molecule has 0 heterocycles. The summed E-state index contributed by atoms with van der Waals surface area (Å²) in [6.07, 6.45) is 1.84. The maximum absolute atomic E-state index is 10.9. The Labute approximate surface area is 120 Å². The van der Waals surface area contributed by atoms with Gasteiger partial charge in [-0.1, -0.05) is 19.1 Å². The molecule has 1 amide bonds. The molecule has 1 aromatic rings. The van der Waals surface area contributed by atoms with Gasteiger partial charge >= 0.3 is 0 Å². The highest BCUT2D eigenvalue weighted by molar-refractivity contribution is 5.88. The standard InChI is InChI=1S/C15H24N4O/c1-4-11(2)18-15(16)17-10-9-13-5-7-14(8-6-13)19-12(3)20/h5-8,11H,4,9-10H2,1-3H3,(H,19,20)(H3,16,17,18). The summed E-state index contributed by atoms with van der Waals surface area (Å²) in [7, 11) is 0. The lowest BCUT2D eigenvalue weighted by Crippen LogP contribution is -2.38. The van der Waals surface area contributed by atoms with E-state index in [4.69, 9.17) is 5.73 Å². The Morgan fingerprint density at radius 3 is 2.55 bits per heavy atom. The summed E-state index contributed by atoms with van der Waals surface area (Å²) in [4.78, 5) is 15.2. The van der Waals surface area contributed by atoms with E-state index in [0.717, 1.165) is 18.5 Å². The number of anilines is 1. The van der Waals surface area contributed by atoms with Gasteiger partial charge in [0.25, 0.3) is 0 Å². The molecule has 5 heteroatoms. The molecule has 0 fully saturated rings. The van der Waals surface area contributed by atoms with Crippen LogP contribution >= 0.6 is 0 Å². The molecule has 0 spiro atoms. The van der Waals surface area contributed by atoms with Crippen molar-refractivity contribution in [1.82, 2.24) is 5.32 Å². The number of aliphatic imine (C=N–C) groups is 1. The lowest BCUT2D eigenvalue weighted by atomic mass is 10.1. The van der Waals surface area contributed by atoms with Crippen LogP contribution in [0.1, 0.15) is 32.8 Å². The summed E-state index contributed by atoms with van der Waals surface area (Å²) >= 11 is 0. The highest BCUT2D eigenvalue weighted by atomic mass is 16.1. The lowest BCUT2D eigenvalue weighted by Gasteiger charge is -2.11. The molecule has 1 aromatic carbocycles. The third-order valence-electron chi connectivity index (χ3n) is 2.96. The van der Waals surface area contributed by atoms with Gasteiger partial charge in [-0.05, 0) is 37.5 Å². The molecule has 5 nitrogen and oxygen atoms in total. The monoisotopic (exact) mass is 276 g/mol. The first kappa shape index (κ1) is 16.0. The molecule has 20 heavy (non-hydrogen) atoms. The fraction of sp³-hybridized carbons (Fsp3) is 0.467. The van der Waals surface area contributed by atoms with Crippen LogP contribution in [-0.4, -0.2) is 24.5 Å². The zero-order valence-electron chi connectivity index (χ0n) is 12.4. The van der Waals surface area contributed by atoms with Crippen LogP contribution in [0.5, 0.6) is 0 Å². The van der Waals surface area contributed by atoms with E-state index in [-0.39, 0.29) is 5.91 Å². The van der Waals surface area contributed by atoms with Crippen molar-refractivity contribution in [2.75, 3.05) is 11.9 Å². The molecule has 0 radical (unpaired) electrons. The first-order valence-electron chi connectivity index (χ1n) is 6.94. The number of nitrogens with two attached hydrogens (primary N) is 1. The van der Waals surface area contributed by atoms with Crippen LogP contribution in [0, 0.1) is 0 Å². The molecule has 1 unspecified atom stereocenters. The van der Waals surface area contributed by atoms with Crippen molar-refractivity contribution in [1.29, 1.82) is 0 Å². The van der Waals surface area contributed by atoms with Gasteiger partial charge in [-0.2, -0.15) is 0 Å². The summed E-state index contributed by atoms with van der Waals surface area (Å²) in [5, 5.41) is 5.86. The number of hydrogen-bond acceptors (Lipinski definition) is 2. The fourth-order valence-corrected chi connectivity index (χ4v) is 1.66. The number of nitrogens with zero attached hydrogens (tertiary/aromatic N) is 1. The average Bonchev–Trinajstić information content (AvgIpc) is 2.40. The van der Waals surface area contributed by atoms with Crippen LogP contribution in [0.15, 0.2) is 29.3 Å². The highest BCUT2D eigenvalue weighted by Crippen LogP contribution is 2.09. The fourth-order valence-electron chi connectivity index (χ4n) is 1.66. The van der Waals surface area contributed by atoms with Crippen molar-refractivity contribution in [3.8, 4) is 0 Å². The van der Waals surface area contributed by atoms with E-state index in [9.17, 15) is 4.79 Å². The van der Waals surface area contributed by atoms with Gasteiger partial charge in [-0.15, -0.1) is 0 Å². The number of rotatable bonds is 6. The Bertz CT molecular complexity index is 453. The average molecular weight is 276 g/mol. The summed E-state index contributed by atoms with van der Waals surface area (Å²) in [5.74, 6) is 0.431. The Morgan fingerprint density at radius 2 is 2.00 bits per heavy atom. The molecule has 0 aliphatic rings. The molecule has 1 rings (SSSR count). The van der Waals surface area contributed by atoms with E-state index in [1.807, 2.05) is 24.3 Å². The van der Waals surface area contributed by atoms with E-state index >= 15 is 0 Å². The molecule has 0 saturated heterocycles. The SMILES string of the molecule is CCC(C)NC(N)=NCCc1ccc(NC(C)=O)cc1. The summed E-state index contributed by atoms with van der Waals surface area (Å²) in [6, 6.07) is 8.09. The van der Waals surface area contributed by atoms with Gasteiger partial charge in [0.2, 0.25) is 5.91 Å². The number of benzene rings is 1. The number of guanidine groups is 1. The maximum atomic E-state index is 10.9. The van der Waals surface area contributed by atoms with Gasteiger partial charge in [0, 0.05) is 25.2 Å². The van der Waals surface area contributed by atoms with Crippen LogP contribution in [0.2, 0.25) is 0 Å². The van der Waals surface area contributed by atoms with Gasteiger partial charge in [-0.25, -0.2) is 0 Å². The van der Waals surface area contributed by atoms with Crippen molar-refractivity contribution in [2.45, 2.75) is 39.7 Å². The smallest absolute Gasteiger partial charge is 0.221 e.